The second-order valence-corrected chi connectivity index (χ2v) is 6.35. The molecular weight excluding hydrogens is 357 g/mol. The van der Waals surface area contributed by atoms with Crippen molar-refractivity contribution in [3.8, 4) is 23.1 Å². The summed E-state index contributed by atoms with van der Waals surface area (Å²) < 4.78 is 25.9. The second-order valence-electron chi connectivity index (χ2n) is 6.35. The van der Waals surface area contributed by atoms with E-state index in [1.54, 1.807) is 16.7 Å². The monoisotopic (exact) mass is 371 g/mol. The minimum Gasteiger partial charge on any atom is -0.472 e. The van der Waals surface area contributed by atoms with Crippen LogP contribution >= 0.6 is 0 Å². The molecule has 0 amide bonds. The van der Waals surface area contributed by atoms with Crippen molar-refractivity contribution in [2.45, 2.75) is 19.1 Å². The number of fused-ring (bicyclic) bond motifs is 1. The molecule has 1 aliphatic rings. The molecule has 27 heavy (non-hydrogen) atoms. The Kier molecular flexibility index (Phi) is 3.94. The lowest BCUT2D eigenvalue weighted by Crippen LogP contribution is -2.38. The van der Waals surface area contributed by atoms with Crippen molar-refractivity contribution in [1.82, 2.24) is 19.5 Å². The van der Waals surface area contributed by atoms with Gasteiger partial charge >= 0.3 is 11.8 Å². The van der Waals surface area contributed by atoms with Crippen LogP contribution < -0.4 is 9.47 Å². The third-order valence-electron chi connectivity index (χ3n) is 4.05. The van der Waals surface area contributed by atoms with Gasteiger partial charge in [-0.2, -0.15) is 0 Å². The van der Waals surface area contributed by atoms with Gasteiger partial charge in [0.2, 0.25) is 5.88 Å². The predicted octanol–water partition coefficient (Wildman–Crippen LogP) is 2.62. The maximum atomic E-state index is 13.0. The summed E-state index contributed by atoms with van der Waals surface area (Å²) in [6.07, 6.45) is 4.34. The number of nitrogens with zero attached hydrogens (tertiary/aromatic N) is 5. The zero-order valence-corrected chi connectivity index (χ0v) is 14.2. The highest BCUT2D eigenvalue weighted by atomic mass is 19.1. The van der Waals surface area contributed by atoms with Crippen molar-refractivity contribution in [2.75, 3.05) is 6.61 Å². The summed E-state index contributed by atoms with van der Waals surface area (Å²) in [7, 11) is 0. The molecule has 0 spiro atoms. The molecule has 2 aromatic heterocycles. The molecule has 0 saturated carbocycles. The highest BCUT2D eigenvalue weighted by molar-refractivity contribution is 5.57. The van der Waals surface area contributed by atoms with Gasteiger partial charge in [-0.05, 0) is 36.1 Å². The summed E-state index contributed by atoms with van der Waals surface area (Å²) in [5, 5.41) is 10.7. The van der Waals surface area contributed by atoms with E-state index in [-0.39, 0.29) is 24.3 Å². The summed E-state index contributed by atoms with van der Waals surface area (Å²) in [5.41, 5.74) is 0.612. The summed E-state index contributed by atoms with van der Waals surface area (Å²) in [4.78, 5) is 22.5. The van der Waals surface area contributed by atoms with E-state index in [4.69, 9.17) is 9.47 Å². The molecule has 1 atom stereocenters. The number of hydrogen-bond donors (Lipinski definition) is 0. The molecule has 0 N–H and O–H groups in total. The van der Waals surface area contributed by atoms with Gasteiger partial charge in [0.1, 0.15) is 18.6 Å². The molecule has 1 aromatic carbocycles. The minimum atomic E-state index is -0.727. The van der Waals surface area contributed by atoms with Crippen LogP contribution in [0.15, 0.2) is 42.9 Å². The Balaban J connectivity index is 1.39. The van der Waals surface area contributed by atoms with Gasteiger partial charge in [0.25, 0.3) is 0 Å². The van der Waals surface area contributed by atoms with Gasteiger partial charge in [-0.1, -0.05) is 0 Å². The minimum absolute atomic E-state index is 0.161. The van der Waals surface area contributed by atoms with E-state index in [9.17, 15) is 14.5 Å². The molecule has 3 heterocycles. The van der Waals surface area contributed by atoms with Gasteiger partial charge < -0.3 is 19.6 Å². The molecule has 0 aliphatic carbocycles. The fourth-order valence-electron chi connectivity index (χ4n) is 2.74. The first kappa shape index (κ1) is 16.9. The van der Waals surface area contributed by atoms with Crippen molar-refractivity contribution in [1.29, 1.82) is 0 Å². The van der Waals surface area contributed by atoms with Gasteiger partial charge in [-0.15, -0.1) is 0 Å². The number of nitro groups is 1. The Bertz CT molecular complexity index is 964. The van der Waals surface area contributed by atoms with Crippen LogP contribution in [0.3, 0.4) is 0 Å². The number of hydrogen-bond acceptors (Lipinski definition) is 7. The molecule has 1 aliphatic heterocycles. The van der Waals surface area contributed by atoms with Crippen LogP contribution in [0.4, 0.5) is 10.2 Å². The Morgan fingerprint density at radius 2 is 2.11 bits per heavy atom. The van der Waals surface area contributed by atoms with E-state index < -0.39 is 10.5 Å². The molecule has 0 bridgehead atoms. The van der Waals surface area contributed by atoms with E-state index in [1.807, 2.05) is 6.92 Å². The summed E-state index contributed by atoms with van der Waals surface area (Å²) in [6.45, 7) is 2.34. The van der Waals surface area contributed by atoms with Gasteiger partial charge in [0.15, 0.2) is 5.60 Å². The summed E-state index contributed by atoms with van der Waals surface area (Å²) in [6, 6.07) is 6.13. The van der Waals surface area contributed by atoms with Crippen molar-refractivity contribution < 1.29 is 18.8 Å². The molecule has 0 saturated heterocycles. The molecule has 138 valence electrons. The molecule has 3 aromatic rings. The number of ether oxygens (including phenoxy) is 2. The zero-order chi connectivity index (χ0) is 19.0. The maximum absolute atomic E-state index is 13.0. The van der Waals surface area contributed by atoms with Crippen LogP contribution in [0.25, 0.3) is 11.3 Å². The molecule has 0 fully saturated rings. The third kappa shape index (κ3) is 3.41. The van der Waals surface area contributed by atoms with Crippen LogP contribution in [-0.2, 0) is 6.54 Å². The average molecular weight is 371 g/mol. The fraction of sp³-hybridized carbons (Fsp3) is 0.235. The normalized spacial score (nSPS) is 18.0. The van der Waals surface area contributed by atoms with Gasteiger partial charge in [0, 0.05) is 10.5 Å². The van der Waals surface area contributed by atoms with E-state index in [2.05, 4.69) is 15.0 Å². The standard InChI is InChI=1S/C17H14FN5O4/c1-17(9-22-8-14(23(24)25)21-16(22)27-17)10-26-15-7-19-13(6-20-15)11-2-4-12(18)5-3-11/h2-8H,9-10H2,1H3/t17-/m1/s1. The molecule has 10 heteroatoms. The molecule has 4 rings (SSSR count). The lowest BCUT2D eigenvalue weighted by molar-refractivity contribution is -0.389. The largest absolute Gasteiger partial charge is 0.472 e. The fourth-order valence-corrected chi connectivity index (χ4v) is 2.74. The number of aromatic nitrogens is 4. The highest BCUT2D eigenvalue weighted by Gasteiger charge is 2.41. The van der Waals surface area contributed by atoms with Crippen molar-refractivity contribution >= 4 is 5.82 Å². The third-order valence-corrected chi connectivity index (χ3v) is 4.05. The SMILES string of the molecule is C[C@]1(COc2cnc(-c3ccc(F)cc3)cn2)Cn2cc([N+](=O)[O-])nc2O1. The van der Waals surface area contributed by atoms with E-state index in [0.717, 1.165) is 5.56 Å². The molecule has 0 radical (unpaired) electrons. The van der Waals surface area contributed by atoms with E-state index >= 15 is 0 Å². The van der Waals surface area contributed by atoms with Crippen molar-refractivity contribution in [3.05, 3.63) is 58.8 Å². The van der Waals surface area contributed by atoms with Crippen LogP contribution in [0.5, 0.6) is 11.9 Å². The zero-order valence-electron chi connectivity index (χ0n) is 14.2. The first-order valence-electron chi connectivity index (χ1n) is 8.03. The van der Waals surface area contributed by atoms with Crippen LogP contribution in [0.2, 0.25) is 0 Å². The van der Waals surface area contributed by atoms with E-state index in [0.29, 0.717) is 18.1 Å². The van der Waals surface area contributed by atoms with Gasteiger partial charge in [0.05, 0.1) is 24.6 Å². The summed E-state index contributed by atoms with van der Waals surface area (Å²) >= 11 is 0. The van der Waals surface area contributed by atoms with Gasteiger partial charge in [-0.3, -0.25) is 4.57 Å². The molecular formula is C17H14FN5O4. The predicted molar refractivity (Wildman–Crippen MR) is 90.8 cm³/mol. The van der Waals surface area contributed by atoms with Crippen molar-refractivity contribution in [3.63, 3.8) is 0 Å². The first-order chi connectivity index (χ1) is 12.9. The number of halogens is 1. The average Bonchev–Trinajstić information content (AvgIpc) is 3.17. The Morgan fingerprint density at radius 1 is 1.33 bits per heavy atom. The Morgan fingerprint density at radius 3 is 2.74 bits per heavy atom. The van der Waals surface area contributed by atoms with Crippen LogP contribution in [-0.4, -0.2) is 36.7 Å². The molecule has 0 unspecified atom stereocenters. The number of rotatable bonds is 5. The summed E-state index contributed by atoms with van der Waals surface area (Å²) in [5.74, 6) is -0.266. The second kappa shape index (κ2) is 6.31. The topological polar surface area (TPSA) is 105 Å². The Labute approximate surface area is 152 Å². The molecule has 9 nitrogen and oxygen atoms in total. The van der Waals surface area contributed by atoms with E-state index in [1.165, 1.54) is 30.7 Å². The lowest BCUT2D eigenvalue weighted by atomic mass is 10.1. The van der Waals surface area contributed by atoms with Gasteiger partial charge in [-0.25, -0.2) is 14.4 Å². The Hall–Kier alpha value is -3.56. The van der Waals surface area contributed by atoms with Crippen LogP contribution in [0, 0.1) is 15.9 Å². The quantitative estimate of drug-likeness (QED) is 0.501. The lowest BCUT2D eigenvalue weighted by Gasteiger charge is -2.21. The smallest absolute Gasteiger partial charge is 0.415 e. The van der Waals surface area contributed by atoms with Crippen LogP contribution in [0.1, 0.15) is 6.92 Å². The maximum Gasteiger partial charge on any atom is 0.415 e. The number of benzene rings is 1. The first-order valence-corrected chi connectivity index (χ1v) is 8.03. The highest BCUT2D eigenvalue weighted by Crippen LogP contribution is 2.31. The van der Waals surface area contributed by atoms with Crippen molar-refractivity contribution in [2.24, 2.45) is 0 Å². The number of imidazole rings is 1.